The summed E-state index contributed by atoms with van der Waals surface area (Å²) in [4.78, 5) is 4.36. The van der Waals surface area contributed by atoms with Gasteiger partial charge in [-0.25, -0.2) is 4.98 Å². The second-order valence-corrected chi connectivity index (χ2v) is 3.48. The van der Waals surface area contributed by atoms with Crippen LogP contribution in [0.5, 0.6) is 0 Å². The van der Waals surface area contributed by atoms with Crippen LogP contribution < -0.4 is 0 Å². The molecular formula is C11H15N3O. The molecule has 2 rings (SSSR count). The SMILES string of the molecule is CCCc1nc(-c2ccc(CC)o2)n[nH]1. The number of hydrogen-bond acceptors (Lipinski definition) is 3. The summed E-state index contributed by atoms with van der Waals surface area (Å²) in [6, 6.07) is 3.88. The highest BCUT2D eigenvalue weighted by Gasteiger charge is 2.09. The molecule has 15 heavy (non-hydrogen) atoms. The molecule has 0 aromatic carbocycles. The predicted molar refractivity (Wildman–Crippen MR) is 57.5 cm³/mol. The Balaban J connectivity index is 2.21. The van der Waals surface area contributed by atoms with E-state index in [-0.39, 0.29) is 0 Å². The van der Waals surface area contributed by atoms with Gasteiger partial charge in [-0.1, -0.05) is 13.8 Å². The van der Waals surface area contributed by atoms with E-state index in [1.165, 1.54) is 0 Å². The second kappa shape index (κ2) is 4.29. The molecule has 0 fully saturated rings. The Morgan fingerprint density at radius 2 is 2.20 bits per heavy atom. The predicted octanol–water partition coefficient (Wildman–Crippen LogP) is 2.58. The van der Waals surface area contributed by atoms with Crippen molar-refractivity contribution in [3.8, 4) is 11.6 Å². The molecule has 0 unspecified atom stereocenters. The number of rotatable bonds is 4. The van der Waals surface area contributed by atoms with Crippen molar-refractivity contribution in [2.75, 3.05) is 0 Å². The molecule has 1 N–H and O–H groups in total. The molecule has 4 nitrogen and oxygen atoms in total. The molecule has 0 aliphatic rings. The molecule has 0 spiro atoms. The first-order valence-corrected chi connectivity index (χ1v) is 5.33. The molecule has 4 heteroatoms. The fourth-order valence-corrected chi connectivity index (χ4v) is 1.44. The van der Waals surface area contributed by atoms with Gasteiger partial charge in [0.05, 0.1) is 0 Å². The maximum absolute atomic E-state index is 5.57. The van der Waals surface area contributed by atoms with E-state index in [0.29, 0.717) is 5.82 Å². The summed E-state index contributed by atoms with van der Waals surface area (Å²) in [6.45, 7) is 4.17. The number of nitrogens with zero attached hydrogens (tertiary/aromatic N) is 2. The Morgan fingerprint density at radius 3 is 2.87 bits per heavy atom. The molecule has 80 valence electrons. The molecule has 2 heterocycles. The molecule has 0 atom stereocenters. The van der Waals surface area contributed by atoms with E-state index in [4.69, 9.17) is 4.42 Å². The van der Waals surface area contributed by atoms with Crippen LogP contribution in [-0.2, 0) is 12.8 Å². The Labute approximate surface area is 88.7 Å². The standard InChI is InChI=1S/C11H15N3O/c1-3-5-10-12-11(14-13-10)9-7-6-8(4-2)15-9/h6-7H,3-5H2,1-2H3,(H,12,13,14). The van der Waals surface area contributed by atoms with Gasteiger partial charge in [-0.2, -0.15) is 5.10 Å². The van der Waals surface area contributed by atoms with Gasteiger partial charge in [0, 0.05) is 12.8 Å². The largest absolute Gasteiger partial charge is 0.458 e. The highest BCUT2D eigenvalue weighted by Crippen LogP contribution is 2.18. The first kappa shape index (κ1) is 9.96. The van der Waals surface area contributed by atoms with Crippen LogP contribution in [0.1, 0.15) is 31.9 Å². The maximum Gasteiger partial charge on any atom is 0.216 e. The van der Waals surface area contributed by atoms with E-state index in [9.17, 15) is 0 Å². The third kappa shape index (κ3) is 2.09. The number of nitrogens with one attached hydrogen (secondary N) is 1. The Bertz CT molecular complexity index is 430. The third-order valence-corrected chi connectivity index (χ3v) is 2.25. The molecule has 0 aliphatic heterocycles. The summed E-state index contributed by atoms with van der Waals surface area (Å²) >= 11 is 0. The van der Waals surface area contributed by atoms with E-state index in [1.807, 2.05) is 12.1 Å². The van der Waals surface area contributed by atoms with E-state index < -0.39 is 0 Å². The van der Waals surface area contributed by atoms with Crippen LogP contribution in [0, 0.1) is 0 Å². The lowest BCUT2D eigenvalue weighted by Gasteiger charge is -1.88. The molecular weight excluding hydrogens is 190 g/mol. The van der Waals surface area contributed by atoms with Gasteiger partial charge in [0.25, 0.3) is 0 Å². The summed E-state index contributed by atoms with van der Waals surface area (Å²) in [5.74, 6) is 3.28. The number of aromatic amines is 1. The molecule has 0 bridgehead atoms. The van der Waals surface area contributed by atoms with E-state index in [0.717, 1.165) is 36.6 Å². The highest BCUT2D eigenvalue weighted by atomic mass is 16.3. The first-order chi connectivity index (χ1) is 7.33. The monoisotopic (exact) mass is 205 g/mol. The van der Waals surface area contributed by atoms with Crippen molar-refractivity contribution in [3.05, 3.63) is 23.7 Å². The van der Waals surface area contributed by atoms with Crippen LogP contribution in [0.3, 0.4) is 0 Å². The minimum atomic E-state index is 0.651. The molecule has 0 amide bonds. The van der Waals surface area contributed by atoms with E-state index >= 15 is 0 Å². The smallest absolute Gasteiger partial charge is 0.216 e. The van der Waals surface area contributed by atoms with Crippen molar-refractivity contribution in [1.29, 1.82) is 0 Å². The number of furan rings is 1. The molecule has 0 aliphatic carbocycles. The van der Waals surface area contributed by atoms with Crippen LogP contribution in [0.4, 0.5) is 0 Å². The zero-order valence-corrected chi connectivity index (χ0v) is 9.08. The minimum Gasteiger partial charge on any atom is -0.458 e. The van der Waals surface area contributed by atoms with E-state index in [1.54, 1.807) is 0 Å². The maximum atomic E-state index is 5.57. The van der Waals surface area contributed by atoms with Crippen molar-refractivity contribution in [1.82, 2.24) is 15.2 Å². The summed E-state index contributed by atoms with van der Waals surface area (Å²) in [6.07, 6.45) is 2.88. The van der Waals surface area contributed by atoms with Gasteiger partial charge < -0.3 is 4.42 Å². The van der Waals surface area contributed by atoms with Crippen LogP contribution in [0.25, 0.3) is 11.6 Å². The van der Waals surface area contributed by atoms with Gasteiger partial charge in [0.2, 0.25) is 5.82 Å². The summed E-state index contributed by atoms with van der Waals surface area (Å²) < 4.78 is 5.57. The Hall–Kier alpha value is -1.58. The normalized spacial score (nSPS) is 10.8. The topological polar surface area (TPSA) is 54.7 Å². The summed E-state index contributed by atoms with van der Waals surface area (Å²) in [5, 5.41) is 7.03. The molecule has 0 saturated carbocycles. The second-order valence-electron chi connectivity index (χ2n) is 3.48. The van der Waals surface area contributed by atoms with Crippen LogP contribution in [0.2, 0.25) is 0 Å². The molecule has 0 radical (unpaired) electrons. The molecule has 2 aromatic rings. The average molecular weight is 205 g/mol. The fraction of sp³-hybridized carbons (Fsp3) is 0.455. The average Bonchev–Trinajstić information content (AvgIpc) is 2.85. The van der Waals surface area contributed by atoms with Crippen LogP contribution in [-0.4, -0.2) is 15.2 Å². The molecule has 2 aromatic heterocycles. The Kier molecular flexibility index (Phi) is 2.85. The van der Waals surface area contributed by atoms with Crippen molar-refractivity contribution >= 4 is 0 Å². The van der Waals surface area contributed by atoms with Crippen molar-refractivity contribution in [2.24, 2.45) is 0 Å². The summed E-state index contributed by atoms with van der Waals surface area (Å²) in [5.41, 5.74) is 0. The van der Waals surface area contributed by atoms with Gasteiger partial charge in [0.1, 0.15) is 11.6 Å². The lowest BCUT2D eigenvalue weighted by atomic mass is 10.3. The zero-order chi connectivity index (χ0) is 10.7. The lowest BCUT2D eigenvalue weighted by Crippen LogP contribution is -1.84. The zero-order valence-electron chi connectivity index (χ0n) is 9.08. The van der Waals surface area contributed by atoms with Gasteiger partial charge in [0.15, 0.2) is 5.76 Å². The third-order valence-electron chi connectivity index (χ3n) is 2.25. The van der Waals surface area contributed by atoms with Crippen molar-refractivity contribution < 1.29 is 4.42 Å². The quantitative estimate of drug-likeness (QED) is 0.834. The van der Waals surface area contributed by atoms with Crippen LogP contribution >= 0.6 is 0 Å². The molecule has 0 saturated heterocycles. The Morgan fingerprint density at radius 1 is 1.33 bits per heavy atom. The van der Waals surface area contributed by atoms with Crippen molar-refractivity contribution in [3.63, 3.8) is 0 Å². The van der Waals surface area contributed by atoms with Gasteiger partial charge in [-0.3, -0.25) is 5.10 Å². The van der Waals surface area contributed by atoms with Crippen LogP contribution in [0.15, 0.2) is 16.5 Å². The number of hydrogen-bond donors (Lipinski definition) is 1. The summed E-state index contributed by atoms with van der Waals surface area (Å²) in [7, 11) is 0. The first-order valence-electron chi connectivity index (χ1n) is 5.33. The van der Waals surface area contributed by atoms with Gasteiger partial charge in [-0.15, -0.1) is 0 Å². The number of aryl methyl sites for hydroxylation is 2. The minimum absolute atomic E-state index is 0.651. The van der Waals surface area contributed by atoms with Crippen molar-refractivity contribution in [2.45, 2.75) is 33.1 Å². The lowest BCUT2D eigenvalue weighted by molar-refractivity contribution is 0.526. The van der Waals surface area contributed by atoms with Gasteiger partial charge in [-0.05, 0) is 18.6 Å². The number of H-pyrrole nitrogens is 1. The van der Waals surface area contributed by atoms with Gasteiger partial charge >= 0.3 is 0 Å². The highest BCUT2D eigenvalue weighted by molar-refractivity contribution is 5.46. The number of aromatic nitrogens is 3. The fourth-order valence-electron chi connectivity index (χ4n) is 1.44. The van der Waals surface area contributed by atoms with E-state index in [2.05, 4.69) is 29.0 Å².